The normalized spacial score (nSPS) is 43.3. The molecule has 0 unspecified atom stereocenters. The molecular weight excluding hydrogens is 270 g/mol. The van der Waals surface area contributed by atoms with Gasteiger partial charge in [0.25, 0.3) is 0 Å². The van der Waals surface area contributed by atoms with Crippen LogP contribution >= 0.6 is 0 Å². The third-order valence-corrected chi connectivity index (χ3v) is 5.48. The Balaban J connectivity index is 1.36. The number of hydrogen-bond donors (Lipinski definition) is 1. The molecule has 5 heteroatoms. The maximum absolute atomic E-state index is 10.5. The molecule has 0 aromatic heterocycles. The minimum Gasteiger partial charge on any atom is -0.387 e. The average molecular weight is 297 g/mol. The summed E-state index contributed by atoms with van der Waals surface area (Å²) in [5, 5.41) is 10.5. The van der Waals surface area contributed by atoms with Gasteiger partial charge in [-0.25, -0.2) is 0 Å². The highest BCUT2D eigenvalue weighted by atomic mass is 16.8. The van der Waals surface area contributed by atoms with Crippen molar-refractivity contribution in [3.8, 4) is 0 Å². The van der Waals surface area contributed by atoms with E-state index in [1.807, 2.05) is 0 Å². The van der Waals surface area contributed by atoms with Gasteiger partial charge >= 0.3 is 0 Å². The van der Waals surface area contributed by atoms with Gasteiger partial charge in [-0.05, 0) is 38.8 Å². The van der Waals surface area contributed by atoms with E-state index in [1.54, 1.807) is 0 Å². The van der Waals surface area contributed by atoms with E-state index in [0.717, 1.165) is 45.3 Å². The van der Waals surface area contributed by atoms with Gasteiger partial charge in [0.15, 0.2) is 12.1 Å². The summed E-state index contributed by atoms with van der Waals surface area (Å²) in [5.74, 6) is -0.468. The summed E-state index contributed by atoms with van der Waals surface area (Å²) in [7, 11) is 0. The Bertz CT molecular complexity index is 365. The van der Waals surface area contributed by atoms with E-state index >= 15 is 0 Å². The maximum Gasteiger partial charge on any atom is 0.190 e. The van der Waals surface area contributed by atoms with Gasteiger partial charge in [0.2, 0.25) is 0 Å². The molecule has 1 spiro atoms. The Morgan fingerprint density at radius 1 is 0.952 bits per heavy atom. The largest absolute Gasteiger partial charge is 0.387 e. The van der Waals surface area contributed by atoms with E-state index in [2.05, 4.69) is 4.90 Å². The molecule has 4 aliphatic rings. The summed E-state index contributed by atoms with van der Waals surface area (Å²) in [6.45, 7) is 3.04. The first-order valence-corrected chi connectivity index (χ1v) is 8.67. The molecular formula is C16H27NO4. The third kappa shape index (κ3) is 2.75. The van der Waals surface area contributed by atoms with Crippen LogP contribution < -0.4 is 0 Å². The van der Waals surface area contributed by atoms with Crippen LogP contribution in [-0.2, 0) is 14.2 Å². The molecule has 3 saturated heterocycles. The van der Waals surface area contributed by atoms with Gasteiger partial charge < -0.3 is 24.2 Å². The minimum atomic E-state index is -0.557. The van der Waals surface area contributed by atoms with Crippen molar-refractivity contribution in [3.63, 3.8) is 0 Å². The number of ether oxygens (including phenoxy) is 3. The van der Waals surface area contributed by atoms with Gasteiger partial charge in [-0.3, -0.25) is 0 Å². The topological polar surface area (TPSA) is 51.2 Å². The van der Waals surface area contributed by atoms with Crippen molar-refractivity contribution in [2.45, 2.75) is 81.8 Å². The first kappa shape index (κ1) is 14.4. The van der Waals surface area contributed by atoms with Crippen LogP contribution in [0.3, 0.4) is 0 Å². The van der Waals surface area contributed by atoms with Crippen LogP contribution in [-0.4, -0.2) is 60.0 Å². The zero-order chi connectivity index (χ0) is 14.3. The van der Waals surface area contributed by atoms with E-state index in [1.165, 1.54) is 25.7 Å². The van der Waals surface area contributed by atoms with Crippen LogP contribution in [0.5, 0.6) is 0 Å². The molecule has 4 atom stereocenters. The van der Waals surface area contributed by atoms with Crippen molar-refractivity contribution >= 4 is 0 Å². The average Bonchev–Trinajstić information content (AvgIpc) is 2.98. The summed E-state index contributed by atoms with van der Waals surface area (Å²) in [6.07, 6.45) is 7.87. The Hall–Kier alpha value is -0.200. The van der Waals surface area contributed by atoms with Crippen LogP contribution in [0.4, 0.5) is 0 Å². The number of nitrogens with zero attached hydrogens (tertiary/aromatic N) is 1. The van der Waals surface area contributed by atoms with Crippen molar-refractivity contribution in [2.75, 3.05) is 19.6 Å². The number of aliphatic hydroxyl groups excluding tert-OH is 1. The first-order chi connectivity index (χ1) is 10.3. The number of fused-ring (bicyclic) bond motifs is 1. The maximum atomic E-state index is 10.5. The Kier molecular flexibility index (Phi) is 3.96. The lowest BCUT2D eigenvalue weighted by Gasteiger charge is -2.34. The summed E-state index contributed by atoms with van der Waals surface area (Å²) in [5.41, 5.74) is 0. The molecule has 0 bridgehead atoms. The number of likely N-dealkylation sites (tertiary alicyclic amines) is 1. The van der Waals surface area contributed by atoms with Crippen molar-refractivity contribution in [3.05, 3.63) is 0 Å². The fraction of sp³-hybridized carbons (Fsp3) is 1.00. The lowest BCUT2D eigenvalue weighted by molar-refractivity contribution is -0.246. The zero-order valence-corrected chi connectivity index (χ0v) is 12.7. The Labute approximate surface area is 126 Å². The second-order valence-corrected chi connectivity index (χ2v) is 7.07. The van der Waals surface area contributed by atoms with Crippen molar-refractivity contribution in [1.29, 1.82) is 0 Å². The molecule has 4 fully saturated rings. The standard InChI is InChI=1S/C16H27NO4/c18-13-12(11-17-9-5-2-6-10-17)19-15-14(13)20-16(21-15)7-3-1-4-8-16/h12-15,18H,1-11H2/t12-,13+,14-,15-/m1/s1. The highest BCUT2D eigenvalue weighted by Crippen LogP contribution is 2.45. The number of aliphatic hydroxyl groups is 1. The number of hydrogen-bond acceptors (Lipinski definition) is 5. The van der Waals surface area contributed by atoms with Crippen LogP contribution in [0.25, 0.3) is 0 Å². The predicted molar refractivity (Wildman–Crippen MR) is 76.7 cm³/mol. The number of rotatable bonds is 2. The minimum absolute atomic E-state index is 0.168. The molecule has 0 aromatic rings. The Morgan fingerprint density at radius 3 is 2.38 bits per heavy atom. The van der Waals surface area contributed by atoms with E-state index in [0.29, 0.717) is 0 Å². The molecule has 1 aliphatic carbocycles. The van der Waals surface area contributed by atoms with Gasteiger partial charge in [0.05, 0.1) is 0 Å². The molecule has 5 nitrogen and oxygen atoms in total. The zero-order valence-electron chi connectivity index (χ0n) is 12.7. The summed E-state index contributed by atoms with van der Waals surface area (Å²) >= 11 is 0. The van der Waals surface area contributed by atoms with Crippen molar-refractivity contribution in [2.24, 2.45) is 0 Å². The summed E-state index contributed by atoms with van der Waals surface area (Å²) in [4.78, 5) is 2.40. The van der Waals surface area contributed by atoms with Gasteiger partial charge in [0.1, 0.15) is 18.3 Å². The lowest BCUT2D eigenvalue weighted by atomic mass is 9.94. The SMILES string of the molecule is O[C@@H]1[C@H]2OC3(CCCCC3)O[C@H]2O[C@@H]1CN1CCCCC1. The number of piperidine rings is 1. The molecule has 0 radical (unpaired) electrons. The highest BCUT2D eigenvalue weighted by Gasteiger charge is 2.57. The summed E-state index contributed by atoms with van der Waals surface area (Å²) < 4.78 is 18.2. The van der Waals surface area contributed by atoms with Crippen molar-refractivity contribution in [1.82, 2.24) is 4.90 Å². The third-order valence-electron chi connectivity index (χ3n) is 5.48. The fourth-order valence-electron chi connectivity index (χ4n) is 4.28. The molecule has 3 heterocycles. The predicted octanol–water partition coefficient (Wildman–Crippen LogP) is 1.63. The fourth-order valence-corrected chi connectivity index (χ4v) is 4.28. The van der Waals surface area contributed by atoms with Gasteiger partial charge in [-0.2, -0.15) is 0 Å². The van der Waals surface area contributed by atoms with E-state index in [9.17, 15) is 5.11 Å². The molecule has 1 N–H and O–H groups in total. The second-order valence-electron chi connectivity index (χ2n) is 7.07. The van der Waals surface area contributed by atoms with Gasteiger partial charge in [0, 0.05) is 19.4 Å². The second kappa shape index (κ2) is 5.78. The molecule has 4 rings (SSSR count). The summed E-state index contributed by atoms with van der Waals surface area (Å²) in [6, 6.07) is 0. The molecule has 0 aromatic carbocycles. The van der Waals surface area contributed by atoms with E-state index < -0.39 is 11.9 Å². The monoisotopic (exact) mass is 297 g/mol. The van der Waals surface area contributed by atoms with Gasteiger partial charge in [-0.1, -0.05) is 12.8 Å². The Morgan fingerprint density at radius 2 is 1.67 bits per heavy atom. The van der Waals surface area contributed by atoms with Crippen LogP contribution in [0.15, 0.2) is 0 Å². The van der Waals surface area contributed by atoms with Crippen LogP contribution in [0, 0.1) is 0 Å². The smallest absolute Gasteiger partial charge is 0.190 e. The molecule has 0 amide bonds. The highest BCUT2D eigenvalue weighted by molar-refractivity contribution is 4.96. The van der Waals surface area contributed by atoms with Crippen molar-refractivity contribution < 1.29 is 19.3 Å². The van der Waals surface area contributed by atoms with Crippen LogP contribution in [0.2, 0.25) is 0 Å². The first-order valence-electron chi connectivity index (χ1n) is 8.67. The van der Waals surface area contributed by atoms with Gasteiger partial charge in [-0.15, -0.1) is 0 Å². The van der Waals surface area contributed by atoms with E-state index in [-0.39, 0.29) is 18.5 Å². The quantitative estimate of drug-likeness (QED) is 0.839. The molecule has 3 aliphatic heterocycles. The lowest BCUT2D eigenvalue weighted by Crippen LogP contribution is -2.44. The molecule has 1 saturated carbocycles. The van der Waals surface area contributed by atoms with E-state index in [4.69, 9.17) is 14.2 Å². The molecule has 120 valence electrons. The van der Waals surface area contributed by atoms with Crippen LogP contribution in [0.1, 0.15) is 51.4 Å². The molecule has 21 heavy (non-hydrogen) atoms.